The first-order valence-electron chi connectivity index (χ1n) is 13.7. The van der Waals surface area contributed by atoms with Crippen LogP contribution in [-0.2, 0) is 0 Å². The molecule has 2 aromatic rings. The predicted molar refractivity (Wildman–Crippen MR) is 149 cm³/mol. The maximum atomic E-state index is 12.7. The number of likely N-dealkylation sites (tertiary alicyclic amines) is 1. The van der Waals surface area contributed by atoms with E-state index in [1.807, 2.05) is 17.0 Å². The summed E-state index contributed by atoms with van der Waals surface area (Å²) in [4.78, 5) is 42.7. The molecule has 5 rings (SSSR count). The number of nitrogens with one attached hydrogen (secondary N) is 2. The van der Waals surface area contributed by atoms with E-state index in [4.69, 9.17) is 10.7 Å². The fourth-order valence-corrected chi connectivity index (χ4v) is 5.42. The lowest BCUT2D eigenvalue weighted by Crippen LogP contribution is -2.52. The molecule has 3 aliphatic heterocycles. The lowest BCUT2D eigenvalue weighted by atomic mass is 10.1. The maximum absolute atomic E-state index is 12.7. The summed E-state index contributed by atoms with van der Waals surface area (Å²) in [7, 11) is 2.14. The predicted octanol–water partition coefficient (Wildman–Crippen LogP) is 2.24. The van der Waals surface area contributed by atoms with Crippen LogP contribution in [0.15, 0.2) is 30.5 Å². The summed E-state index contributed by atoms with van der Waals surface area (Å²) >= 11 is 0. The Labute approximate surface area is 224 Å². The molecule has 1 aromatic carbocycles. The number of aromatic nitrogens is 2. The third-order valence-corrected chi connectivity index (χ3v) is 7.71. The molecule has 0 bridgehead atoms. The smallest absolute Gasteiger partial charge is 0.317 e. The van der Waals surface area contributed by atoms with Crippen molar-refractivity contribution in [1.29, 1.82) is 0 Å². The molecule has 4 heterocycles. The van der Waals surface area contributed by atoms with Gasteiger partial charge in [0.2, 0.25) is 0 Å². The number of piperazine rings is 1. The second-order valence-corrected chi connectivity index (χ2v) is 10.5. The highest BCUT2D eigenvalue weighted by atomic mass is 16.2. The molecule has 0 spiro atoms. The fourth-order valence-electron chi connectivity index (χ4n) is 5.42. The standard InChI is InChI=1S/C27H39N9O2/c1-33-14-16-34(17-15-33)22-9-7-20(8-10-22)30-26-24(25(28)37)29-18-23(32-26)36-13-5-6-21(19-36)31-27(38)35-11-3-2-4-12-35/h7-10,18,21H,2-6,11-17,19H2,1H3,(H2,28,37)(H,30,32)(H,31,38)/t21-/m1/s1. The lowest BCUT2D eigenvalue weighted by molar-refractivity contribution is 0.0996. The lowest BCUT2D eigenvalue weighted by Gasteiger charge is -2.36. The summed E-state index contributed by atoms with van der Waals surface area (Å²) < 4.78 is 0. The van der Waals surface area contributed by atoms with E-state index in [1.165, 1.54) is 12.1 Å². The van der Waals surface area contributed by atoms with Crippen molar-refractivity contribution in [1.82, 2.24) is 25.1 Å². The summed E-state index contributed by atoms with van der Waals surface area (Å²) in [6.07, 6.45) is 6.78. The zero-order valence-corrected chi connectivity index (χ0v) is 22.2. The van der Waals surface area contributed by atoms with E-state index in [2.05, 4.69) is 49.5 Å². The van der Waals surface area contributed by atoms with Crippen LogP contribution in [0.2, 0.25) is 0 Å². The van der Waals surface area contributed by atoms with Crippen molar-refractivity contribution >= 4 is 34.9 Å². The molecule has 1 aromatic heterocycles. The molecule has 4 N–H and O–H groups in total. The second kappa shape index (κ2) is 11.8. The van der Waals surface area contributed by atoms with Gasteiger partial charge in [0.15, 0.2) is 11.5 Å². The van der Waals surface area contributed by atoms with Gasteiger partial charge in [0.05, 0.1) is 6.20 Å². The van der Waals surface area contributed by atoms with Crippen LogP contribution in [0.3, 0.4) is 0 Å². The van der Waals surface area contributed by atoms with Crippen molar-refractivity contribution < 1.29 is 9.59 Å². The number of urea groups is 1. The Hall–Kier alpha value is -3.60. The number of nitrogens with two attached hydrogens (primary N) is 1. The minimum atomic E-state index is -0.633. The number of hydrogen-bond acceptors (Lipinski definition) is 8. The third kappa shape index (κ3) is 6.27. The molecule has 3 amide bonds. The highest BCUT2D eigenvalue weighted by Crippen LogP contribution is 2.25. The molecule has 0 unspecified atom stereocenters. The van der Waals surface area contributed by atoms with Crippen molar-refractivity contribution in [2.45, 2.75) is 38.1 Å². The number of likely N-dealkylation sites (N-methyl/N-ethyl adjacent to an activating group) is 1. The van der Waals surface area contributed by atoms with Crippen molar-refractivity contribution in [2.75, 3.05) is 74.5 Å². The summed E-state index contributed by atoms with van der Waals surface area (Å²) in [6.45, 7) is 7.19. The normalized spacial score (nSPS) is 20.8. The van der Waals surface area contributed by atoms with Gasteiger partial charge in [-0.25, -0.2) is 14.8 Å². The van der Waals surface area contributed by atoms with E-state index in [-0.39, 0.29) is 17.8 Å². The van der Waals surface area contributed by atoms with Crippen LogP contribution < -0.4 is 26.2 Å². The van der Waals surface area contributed by atoms with Crippen LogP contribution in [0.4, 0.5) is 27.8 Å². The number of primary amides is 1. The van der Waals surface area contributed by atoms with Gasteiger partial charge in [-0.05, 0) is 63.4 Å². The van der Waals surface area contributed by atoms with E-state index in [0.717, 1.165) is 77.2 Å². The van der Waals surface area contributed by atoms with Crippen molar-refractivity contribution in [3.8, 4) is 0 Å². The molecule has 0 aliphatic carbocycles. The van der Waals surface area contributed by atoms with Crippen LogP contribution >= 0.6 is 0 Å². The largest absolute Gasteiger partial charge is 0.369 e. The van der Waals surface area contributed by atoms with Gasteiger partial charge >= 0.3 is 6.03 Å². The van der Waals surface area contributed by atoms with Gasteiger partial charge < -0.3 is 36.0 Å². The number of hydrogen-bond donors (Lipinski definition) is 3. The average Bonchev–Trinajstić information content (AvgIpc) is 2.94. The molecular formula is C27H39N9O2. The van der Waals surface area contributed by atoms with E-state index >= 15 is 0 Å². The number of nitrogens with zero attached hydrogens (tertiary/aromatic N) is 6. The maximum Gasteiger partial charge on any atom is 0.317 e. The highest BCUT2D eigenvalue weighted by molar-refractivity contribution is 5.96. The number of carbonyl (C=O) groups excluding carboxylic acids is 2. The third-order valence-electron chi connectivity index (χ3n) is 7.71. The van der Waals surface area contributed by atoms with Gasteiger partial charge in [0.25, 0.3) is 5.91 Å². The number of anilines is 4. The Kier molecular flexibility index (Phi) is 8.11. The Balaban J connectivity index is 1.26. The van der Waals surface area contributed by atoms with Crippen LogP contribution in [0.5, 0.6) is 0 Å². The van der Waals surface area contributed by atoms with Crippen LogP contribution in [0.1, 0.15) is 42.6 Å². The van der Waals surface area contributed by atoms with E-state index < -0.39 is 5.91 Å². The fraction of sp³-hybridized carbons (Fsp3) is 0.556. The Morgan fingerprint density at radius 1 is 0.921 bits per heavy atom. The molecule has 3 aliphatic rings. The van der Waals surface area contributed by atoms with E-state index in [1.54, 1.807) is 6.20 Å². The first-order valence-corrected chi connectivity index (χ1v) is 13.7. The van der Waals surface area contributed by atoms with Gasteiger partial charge in [0, 0.05) is 69.8 Å². The zero-order valence-electron chi connectivity index (χ0n) is 22.2. The van der Waals surface area contributed by atoms with Gasteiger partial charge in [-0.15, -0.1) is 0 Å². The minimum absolute atomic E-state index is 0.0223. The van der Waals surface area contributed by atoms with Gasteiger partial charge in [-0.3, -0.25) is 4.79 Å². The first kappa shape index (κ1) is 26.0. The number of amides is 3. The van der Waals surface area contributed by atoms with Crippen molar-refractivity contribution in [3.05, 3.63) is 36.2 Å². The Bertz CT molecular complexity index is 1110. The van der Waals surface area contributed by atoms with Gasteiger partial charge in [0.1, 0.15) is 5.82 Å². The molecule has 3 fully saturated rings. The molecule has 3 saturated heterocycles. The Morgan fingerprint density at radius 2 is 1.66 bits per heavy atom. The van der Waals surface area contributed by atoms with Crippen LogP contribution in [0.25, 0.3) is 0 Å². The molecule has 204 valence electrons. The molecule has 0 saturated carbocycles. The summed E-state index contributed by atoms with van der Waals surface area (Å²) in [5.74, 6) is 0.358. The summed E-state index contributed by atoms with van der Waals surface area (Å²) in [5, 5.41) is 6.46. The number of rotatable bonds is 6. The van der Waals surface area contributed by atoms with Crippen LogP contribution in [-0.4, -0.2) is 97.2 Å². The highest BCUT2D eigenvalue weighted by Gasteiger charge is 2.26. The quantitative estimate of drug-likeness (QED) is 0.529. The summed E-state index contributed by atoms with van der Waals surface area (Å²) in [6, 6.07) is 8.19. The summed E-state index contributed by atoms with van der Waals surface area (Å²) in [5.41, 5.74) is 7.70. The number of piperidine rings is 2. The first-order chi connectivity index (χ1) is 18.5. The molecule has 11 heteroatoms. The van der Waals surface area contributed by atoms with Crippen molar-refractivity contribution in [3.63, 3.8) is 0 Å². The molecule has 0 radical (unpaired) electrons. The molecular weight excluding hydrogens is 482 g/mol. The second-order valence-electron chi connectivity index (χ2n) is 10.5. The molecule has 11 nitrogen and oxygen atoms in total. The zero-order chi connectivity index (χ0) is 26.5. The average molecular weight is 522 g/mol. The molecule has 1 atom stereocenters. The minimum Gasteiger partial charge on any atom is -0.369 e. The molecule has 38 heavy (non-hydrogen) atoms. The van der Waals surface area contributed by atoms with E-state index in [0.29, 0.717) is 18.2 Å². The van der Waals surface area contributed by atoms with E-state index in [9.17, 15) is 9.59 Å². The Morgan fingerprint density at radius 3 is 2.37 bits per heavy atom. The van der Waals surface area contributed by atoms with Gasteiger partial charge in [-0.1, -0.05) is 0 Å². The number of benzene rings is 1. The van der Waals surface area contributed by atoms with Crippen LogP contribution in [0, 0.1) is 0 Å². The monoisotopic (exact) mass is 521 g/mol. The topological polar surface area (TPSA) is 123 Å². The van der Waals surface area contributed by atoms with Crippen molar-refractivity contribution in [2.24, 2.45) is 5.73 Å². The SMILES string of the molecule is CN1CCN(c2ccc(Nc3nc(N4CCC[C@@H](NC(=O)N5CCCCC5)C4)cnc3C(N)=O)cc2)CC1. The van der Waals surface area contributed by atoms with Gasteiger partial charge in [-0.2, -0.15) is 0 Å². The number of carbonyl (C=O) groups is 2.